The molecule has 3 atom stereocenters. The first-order valence-electron chi connectivity index (χ1n) is 14.1. The van der Waals surface area contributed by atoms with Crippen LogP contribution in [0.2, 0.25) is 0 Å². The van der Waals surface area contributed by atoms with Gasteiger partial charge < -0.3 is 25.3 Å². The molecule has 8 heteroatoms. The van der Waals surface area contributed by atoms with Crippen molar-refractivity contribution in [2.24, 2.45) is 5.92 Å². The molecule has 2 aliphatic rings. The van der Waals surface area contributed by atoms with Crippen molar-refractivity contribution >= 4 is 28.6 Å². The van der Waals surface area contributed by atoms with Crippen LogP contribution in [-0.2, 0) is 22.6 Å². The van der Waals surface area contributed by atoms with Gasteiger partial charge in [0.25, 0.3) is 5.91 Å². The summed E-state index contributed by atoms with van der Waals surface area (Å²) < 4.78 is 5.21. The Hall–Kier alpha value is -4.59. The van der Waals surface area contributed by atoms with Gasteiger partial charge in [0.05, 0.1) is 13.2 Å². The van der Waals surface area contributed by atoms with Gasteiger partial charge >= 0.3 is 0 Å². The van der Waals surface area contributed by atoms with E-state index in [2.05, 4.69) is 15.6 Å². The van der Waals surface area contributed by atoms with E-state index >= 15 is 0 Å². The lowest BCUT2D eigenvalue weighted by Crippen LogP contribution is -2.56. The van der Waals surface area contributed by atoms with Crippen LogP contribution in [0.15, 0.2) is 72.8 Å². The Morgan fingerprint density at radius 3 is 2.51 bits per heavy atom. The van der Waals surface area contributed by atoms with E-state index in [9.17, 15) is 14.4 Å². The van der Waals surface area contributed by atoms with Crippen molar-refractivity contribution in [3.8, 4) is 5.75 Å². The molecule has 8 nitrogen and oxygen atoms in total. The molecule has 1 aromatic heterocycles. The number of para-hydroxylation sites is 1. The van der Waals surface area contributed by atoms with Gasteiger partial charge in [0.15, 0.2) is 0 Å². The number of carbonyl (C=O) groups is 3. The molecule has 3 amide bonds. The lowest BCUT2D eigenvalue weighted by Gasteiger charge is -2.37. The Bertz CT molecular complexity index is 1620. The molecule has 1 unspecified atom stereocenters. The summed E-state index contributed by atoms with van der Waals surface area (Å²) >= 11 is 0. The Kier molecular flexibility index (Phi) is 6.99. The predicted octanol–water partition coefficient (Wildman–Crippen LogP) is 4.49. The number of nitrogens with zero attached hydrogens (tertiary/aromatic N) is 1. The molecule has 0 aliphatic carbocycles. The minimum absolute atomic E-state index is 0.167. The van der Waals surface area contributed by atoms with E-state index in [1.807, 2.05) is 86.6 Å². The Balaban J connectivity index is 1.28. The number of ether oxygens (including phenoxy) is 1. The number of nitrogens with one attached hydrogen (secondary N) is 3. The summed E-state index contributed by atoms with van der Waals surface area (Å²) in [6, 6.07) is 21.2. The number of benzene rings is 3. The summed E-state index contributed by atoms with van der Waals surface area (Å²) in [6.45, 7) is 4.37. The third-order valence-corrected chi connectivity index (χ3v) is 8.12. The number of methoxy groups -OCH3 is 1. The van der Waals surface area contributed by atoms with E-state index in [1.165, 1.54) is 0 Å². The number of amides is 3. The fraction of sp³-hybridized carbons (Fsp3) is 0.303. The molecule has 210 valence electrons. The topological polar surface area (TPSA) is 104 Å². The first kappa shape index (κ1) is 26.6. The molecule has 0 spiro atoms. The monoisotopic (exact) mass is 550 g/mol. The number of aromatic nitrogens is 1. The first-order chi connectivity index (χ1) is 19.9. The fourth-order valence-corrected chi connectivity index (χ4v) is 6.16. The number of carbonyl (C=O) groups excluding carboxylic acids is 3. The van der Waals surface area contributed by atoms with Crippen molar-refractivity contribution < 1.29 is 19.1 Å². The Morgan fingerprint density at radius 1 is 1.02 bits per heavy atom. The van der Waals surface area contributed by atoms with Crippen LogP contribution in [0.1, 0.15) is 59.1 Å². The molecule has 3 heterocycles. The van der Waals surface area contributed by atoms with Gasteiger partial charge in [-0.1, -0.05) is 62.4 Å². The van der Waals surface area contributed by atoms with E-state index in [1.54, 1.807) is 12.0 Å². The van der Waals surface area contributed by atoms with Gasteiger partial charge in [0.2, 0.25) is 11.8 Å². The number of hydrogen-bond donors (Lipinski definition) is 3. The molecule has 4 aromatic rings. The number of rotatable bonds is 8. The Morgan fingerprint density at radius 2 is 1.76 bits per heavy atom. The first-order valence-corrected chi connectivity index (χ1v) is 14.1. The number of aromatic amines is 1. The summed E-state index contributed by atoms with van der Waals surface area (Å²) in [7, 11) is 1.61. The number of H-pyrrole nitrogens is 1. The minimum Gasteiger partial charge on any atom is -0.497 e. The van der Waals surface area contributed by atoms with Crippen LogP contribution < -0.4 is 15.4 Å². The third-order valence-electron chi connectivity index (χ3n) is 8.12. The zero-order valence-corrected chi connectivity index (χ0v) is 23.4. The second kappa shape index (κ2) is 10.8. The van der Waals surface area contributed by atoms with Gasteiger partial charge in [-0.15, -0.1) is 0 Å². The smallest absolute Gasteiger partial charge is 0.255 e. The molecular formula is C33H34N4O4. The lowest BCUT2D eigenvalue weighted by molar-refractivity contribution is -0.132. The third kappa shape index (κ3) is 4.84. The van der Waals surface area contributed by atoms with Crippen molar-refractivity contribution in [2.45, 2.75) is 51.4 Å². The van der Waals surface area contributed by atoms with Crippen molar-refractivity contribution in [3.63, 3.8) is 0 Å². The molecule has 0 saturated carbocycles. The molecular weight excluding hydrogens is 516 g/mol. The second-order valence-corrected chi connectivity index (χ2v) is 11.2. The van der Waals surface area contributed by atoms with E-state index in [-0.39, 0.29) is 23.6 Å². The summed E-state index contributed by atoms with van der Waals surface area (Å²) in [5, 5.41) is 7.05. The van der Waals surface area contributed by atoms with Gasteiger partial charge in [-0.25, -0.2) is 0 Å². The normalized spacial score (nSPS) is 18.0. The van der Waals surface area contributed by atoms with Gasteiger partial charge in [-0.2, -0.15) is 0 Å². The van der Waals surface area contributed by atoms with Gasteiger partial charge in [0, 0.05) is 35.1 Å². The van der Waals surface area contributed by atoms with Crippen LogP contribution in [0.3, 0.4) is 0 Å². The van der Waals surface area contributed by atoms with Crippen LogP contribution in [-0.4, -0.2) is 46.8 Å². The summed E-state index contributed by atoms with van der Waals surface area (Å²) in [5.41, 5.74) is 5.39. The van der Waals surface area contributed by atoms with Crippen molar-refractivity contribution in [3.05, 3.63) is 101 Å². The molecule has 3 aromatic carbocycles. The Labute approximate surface area is 239 Å². The maximum atomic E-state index is 14.0. The summed E-state index contributed by atoms with van der Waals surface area (Å²) in [6.07, 6.45) is 0.839. The highest BCUT2D eigenvalue weighted by molar-refractivity contribution is 6.04. The minimum atomic E-state index is -0.754. The SMILES string of the molecule is COc1ccc(CNC(=O)[C@H](CC(C)C)NC(=O)[C@@H]2Cc3c([nH]c4ccccc34)C3c4ccccc4C(=O)N32)cc1. The number of fused-ring (bicyclic) bond motifs is 7. The molecule has 2 aliphatic heterocycles. The van der Waals surface area contributed by atoms with Crippen molar-refractivity contribution in [2.75, 3.05) is 7.11 Å². The zero-order chi connectivity index (χ0) is 28.7. The van der Waals surface area contributed by atoms with Crippen LogP contribution in [0.4, 0.5) is 0 Å². The standard InChI is InChI=1S/C33H34N4O4/c1-19(2)16-27(31(38)34-18-20-12-14-21(41-3)15-13-20)36-32(39)28-17-25-22-8-6-7-11-26(22)35-29(25)30-23-9-4-5-10-24(23)33(40)37(28)30/h4-15,19,27-28,30,35H,16-18H2,1-3H3,(H,34,38)(H,36,39)/t27-,28-,30?/m0/s1. The number of hydrogen-bond acceptors (Lipinski definition) is 4. The molecule has 3 N–H and O–H groups in total. The van der Waals surface area contributed by atoms with Crippen molar-refractivity contribution in [1.29, 1.82) is 0 Å². The molecule has 0 radical (unpaired) electrons. The van der Waals surface area contributed by atoms with Gasteiger partial charge in [0.1, 0.15) is 17.8 Å². The fourth-order valence-electron chi connectivity index (χ4n) is 6.16. The highest BCUT2D eigenvalue weighted by Crippen LogP contribution is 2.46. The second-order valence-electron chi connectivity index (χ2n) is 11.2. The zero-order valence-electron chi connectivity index (χ0n) is 23.4. The molecule has 41 heavy (non-hydrogen) atoms. The van der Waals surface area contributed by atoms with Crippen LogP contribution in [0.5, 0.6) is 5.75 Å². The van der Waals surface area contributed by atoms with Gasteiger partial charge in [-0.05, 0) is 53.3 Å². The van der Waals surface area contributed by atoms with Crippen LogP contribution >= 0.6 is 0 Å². The average Bonchev–Trinajstić information content (AvgIpc) is 3.50. The van der Waals surface area contributed by atoms with Crippen molar-refractivity contribution in [1.82, 2.24) is 20.5 Å². The molecule has 6 rings (SSSR count). The van der Waals surface area contributed by atoms with Crippen LogP contribution in [0, 0.1) is 5.92 Å². The largest absolute Gasteiger partial charge is 0.497 e. The highest BCUT2D eigenvalue weighted by Gasteiger charge is 2.49. The van der Waals surface area contributed by atoms with E-state index in [0.717, 1.165) is 39.0 Å². The molecule has 0 fully saturated rings. The van der Waals surface area contributed by atoms with E-state index < -0.39 is 18.1 Å². The summed E-state index contributed by atoms with van der Waals surface area (Å²) in [5.74, 6) is 0.174. The highest BCUT2D eigenvalue weighted by atomic mass is 16.5. The summed E-state index contributed by atoms with van der Waals surface area (Å²) in [4.78, 5) is 46.3. The average molecular weight is 551 g/mol. The maximum absolute atomic E-state index is 14.0. The van der Waals surface area contributed by atoms with Crippen LogP contribution in [0.25, 0.3) is 10.9 Å². The predicted molar refractivity (Wildman–Crippen MR) is 156 cm³/mol. The maximum Gasteiger partial charge on any atom is 0.255 e. The van der Waals surface area contributed by atoms with E-state index in [4.69, 9.17) is 4.74 Å². The van der Waals surface area contributed by atoms with Gasteiger partial charge in [-0.3, -0.25) is 14.4 Å². The molecule has 0 saturated heterocycles. The quantitative estimate of drug-likeness (QED) is 0.301. The van der Waals surface area contributed by atoms with E-state index in [0.29, 0.717) is 24.9 Å². The molecule has 0 bridgehead atoms. The lowest BCUT2D eigenvalue weighted by atomic mass is 9.89.